The van der Waals surface area contributed by atoms with Crippen molar-refractivity contribution in [2.45, 2.75) is 13.0 Å². The largest absolute Gasteiger partial charge is 0.479 e. The zero-order chi connectivity index (χ0) is 24.7. The Morgan fingerprint density at radius 1 is 0.971 bits per heavy atom. The van der Waals surface area contributed by atoms with Crippen LogP contribution in [0.3, 0.4) is 0 Å². The monoisotopic (exact) mass is 498 g/mol. The van der Waals surface area contributed by atoms with Gasteiger partial charge in [0, 0.05) is 29.1 Å². The van der Waals surface area contributed by atoms with Crippen LogP contribution in [-0.2, 0) is 4.79 Å². The van der Waals surface area contributed by atoms with Gasteiger partial charge in [-0.3, -0.25) is 25.0 Å². The molecule has 0 radical (unpaired) electrons. The zero-order valence-corrected chi connectivity index (χ0v) is 19.4. The lowest BCUT2D eigenvalue weighted by atomic mass is 10.2. The fourth-order valence-electron chi connectivity index (χ4n) is 2.74. The quantitative estimate of drug-likeness (QED) is 0.243. The first-order valence-corrected chi connectivity index (χ1v) is 10.7. The molecule has 0 bridgehead atoms. The molecule has 1 unspecified atom stereocenters. The lowest BCUT2D eigenvalue weighted by molar-refractivity contribution is -0.384. The summed E-state index contributed by atoms with van der Waals surface area (Å²) < 4.78 is 5.60. The number of carbonyl (C=O) groups excluding carboxylic acids is 2. The van der Waals surface area contributed by atoms with E-state index in [4.69, 9.17) is 28.6 Å². The molecule has 0 aliphatic rings. The summed E-state index contributed by atoms with van der Waals surface area (Å²) in [5, 5.41) is 19.3. The van der Waals surface area contributed by atoms with Crippen molar-refractivity contribution in [1.82, 2.24) is 5.32 Å². The Balaban J connectivity index is 1.51. The normalized spacial score (nSPS) is 11.1. The molecule has 0 fully saturated rings. The van der Waals surface area contributed by atoms with Crippen LogP contribution in [0.4, 0.5) is 17.1 Å². The molecule has 174 valence electrons. The summed E-state index contributed by atoms with van der Waals surface area (Å²) in [5.74, 6) is -0.453. The van der Waals surface area contributed by atoms with Gasteiger partial charge in [-0.2, -0.15) is 0 Å². The van der Waals surface area contributed by atoms with E-state index in [1.165, 1.54) is 24.3 Å². The van der Waals surface area contributed by atoms with Crippen LogP contribution in [0.2, 0.25) is 5.02 Å². The number of halogens is 1. The first kappa shape index (κ1) is 24.6. The number of nitrogens with zero attached hydrogens (tertiary/aromatic N) is 1. The van der Waals surface area contributed by atoms with E-state index in [0.717, 1.165) is 0 Å². The number of thiocarbonyl (C=S) groups is 1. The molecule has 0 aliphatic heterocycles. The van der Waals surface area contributed by atoms with Crippen molar-refractivity contribution in [1.29, 1.82) is 0 Å². The second-order valence-electron chi connectivity index (χ2n) is 6.97. The van der Waals surface area contributed by atoms with Gasteiger partial charge in [-0.1, -0.05) is 23.7 Å². The summed E-state index contributed by atoms with van der Waals surface area (Å²) in [6, 6.07) is 18.7. The molecule has 34 heavy (non-hydrogen) atoms. The minimum atomic E-state index is -0.778. The van der Waals surface area contributed by atoms with E-state index in [9.17, 15) is 19.7 Å². The summed E-state index contributed by atoms with van der Waals surface area (Å²) in [5.41, 5.74) is 1.22. The van der Waals surface area contributed by atoms with Gasteiger partial charge < -0.3 is 15.4 Å². The number of hydrogen-bond donors (Lipinski definition) is 3. The van der Waals surface area contributed by atoms with Crippen LogP contribution >= 0.6 is 23.8 Å². The summed E-state index contributed by atoms with van der Waals surface area (Å²) >= 11 is 11.2. The third-order valence-electron chi connectivity index (χ3n) is 4.49. The number of hydrogen-bond acceptors (Lipinski definition) is 6. The molecule has 0 saturated heterocycles. The Morgan fingerprint density at radius 3 is 2.15 bits per heavy atom. The molecular formula is C23H19ClN4O5S. The van der Waals surface area contributed by atoms with E-state index in [-0.39, 0.29) is 22.3 Å². The summed E-state index contributed by atoms with van der Waals surface area (Å²) in [6.45, 7) is 1.61. The molecular weight excluding hydrogens is 480 g/mol. The molecule has 3 rings (SSSR count). The van der Waals surface area contributed by atoms with E-state index in [0.29, 0.717) is 22.1 Å². The van der Waals surface area contributed by atoms with Crippen LogP contribution in [0.1, 0.15) is 17.3 Å². The number of benzene rings is 3. The number of nitro groups is 1. The molecule has 0 saturated carbocycles. The van der Waals surface area contributed by atoms with E-state index >= 15 is 0 Å². The Bertz CT molecular complexity index is 1220. The van der Waals surface area contributed by atoms with Crippen molar-refractivity contribution < 1.29 is 19.2 Å². The third kappa shape index (κ3) is 6.74. The number of nitro benzene ring substituents is 1. The van der Waals surface area contributed by atoms with Gasteiger partial charge in [-0.25, -0.2) is 0 Å². The standard InChI is InChI=1S/C23H19ClN4O5S/c1-14(33-20-5-3-2-4-19(20)24)21(29)25-16-8-10-17(11-9-16)26-23(34)27-22(30)15-6-12-18(13-7-15)28(31)32/h2-14H,1H3,(H,25,29)(H2,26,27,30,34). The van der Waals surface area contributed by atoms with Crippen LogP contribution in [-0.4, -0.2) is 28.0 Å². The highest BCUT2D eigenvalue weighted by Crippen LogP contribution is 2.24. The lowest BCUT2D eigenvalue weighted by Gasteiger charge is -2.16. The number of para-hydroxylation sites is 1. The van der Waals surface area contributed by atoms with Gasteiger partial charge in [0.05, 0.1) is 9.95 Å². The second-order valence-corrected chi connectivity index (χ2v) is 7.78. The van der Waals surface area contributed by atoms with Crippen molar-refractivity contribution in [3.8, 4) is 5.75 Å². The number of anilines is 2. The SMILES string of the molecule is CC(Oc1ccccc1Cl)C(=O)Nc1ccc(NC(=S)NC(=O)c2ccc([N+](=O)[O-])cc2)cc1. The zero-order valence-electron chi connectivity index (χ0n) is 17.8. The molecule has 3 aromatic carbocycles. The molecule has 0 heterocycles. The van der Waals surface area contributed by atoms with Crippen molar-refractivity contribution in [3.05, 3.63) is 93.5 Å². The number of carbonyl (C=O) groups is 2. The van der Waals surface area contributed by atoms with Gasteiger partial charge >= 0.3 is 0 Å². The topological polar surface area (TPSA) is 123 Å². The number of non-ortho nitro benzene ring substituents is 1. The van der Waals surface area contributed by atoms with Crippen LogP contribution in [0.15, 0.2) is 72.8 Å². The predicted molar refractivity (Wildman–Crippen MR) is 133 cm³/mol. The number of amides is 2. The molecule has 9 nitrogen and oxygen atoms in total. The highest BCUT2D eigenvalue weighted by atomic mass is 35.5. The average Bonchev–Trinajstić information content (AvgIpc) is 2.81. The minimum Gasteiger partial charge on any atom is -0.479 e. The highest BCUT2D eigenvalue weighted by molar-refractivity contribution is 7.80. The van der Waals surface area contributed by atoms with Gasteiger partial charge in [0.1, 0.15) is 5.75 Å². The molecule has 0 spiro atoms. The Morgan fingerprint density at radius 2 is 1.56 bits per heavy atom. The summed E-state index contributed by atoms with van der Waals surface area (Å²) in [4.78, 5) is 34.8. The predicted octanol–water partition coefficient (Wildman–Crippen LogP) is 4.78. The molecule has 1 atom stereocenters. The van der Waals surface area contributed by atoms with Gasteiger partial charge in [0.2, 0.25) is 0 Å². The molecule has 3 aromatic rings. The van der Waals surface area contributed by atoms with Crippen molar-refractivity contribution in [3.63, 3.8) is 0 Å². The second kappa shape index (κ2) is 11.2. The fourth-order valence-corrected chi connectivity index (χ4v) is 3.13. The van der Waals surface area contributed by atoms with E-state index in [2.05, 4.69) is 16.0 Å². The van der Waals surface area contributed by atoms with Crippen molar-refractivity contribution in [2.75, 3.05) is 10.6 Å². The molecule has 0 aliphatic carbocycles. The average molecular weight is 499 g/mol. The van der Waals surface area contributed by atoms with Gasteiger partial charge in [0.25, 0.3) is 17.5 Å². The van der Waals surface area contributed by atoms with E-state index in [1.807, 2.05) is 0 Å². The van der Waals surface area contributed by atoms with Gasteiger partial charge in [0.15, 0.2) is 11.2 Å². The lowest BCUT2D eigenvalue weighted by Crippen LogP contribution is -2.34. The molecule has 2 amide bonds. The van der Waals surface area contributed by atoms with Crippen molar-refractivity contribution >= 4 is 57.8 Å². The van der Waals surface area contributed by atoms with Crippen molar-refractivity contribution in [2.24, 2.45) is 0 Å². The highest BCUT2D eigenvalue weighted by Gasteiger charge is 2.16. The van der Waals surface area contributed by atoms with Gasteiger partial charge in [-0.15, -0.1) is 0 Å². The Labute approximate surface area is 205 Å². The number of nitrogens with one attached hydrogen (secondary N) is 3. The molecule has 11 heteroatoms. The first-order chi connectivity index (χ1) is 16.2. The fraction of sp³-hybridized carbons (Fsp3) is 0.0870. The Kier molecular flexibility index (Phi) is 8.12. The van der Waals surface area contributed by atoms with E-state index < -0.39 is 16.9 Å². The van der Waals surface area contributed by atoms with Crippen LogP contribution in [0.25, 0.3) is 0 Å². The summed E-state index contributed by atoms with van der Waals surface area (Å²) in [6.07, 6.45) is -0.778. The van der Waals surface area contributed by atoms with Crippen LogP contribution in [0.5, 0.6) is 5.75 Å². The van der Waals surface area contributed by atoms with Crippen LogP contribution < -0.4 is 20.7 Å². The Hall–Kier alpha value is -4.02. The number of ether oxygens (including phenoxy) is 1. The third-order valence-corrected chi connectivity index (χ3v) is 5.00. The smallest absolute Gasteiger partial charge is 0.269 e. The summed E-state index contributed by atoms with van der Waals surface area (Å²) in [7, 11) is 0. The molecule has 0 aromatic heterocycles. The number of rotatable bonds is 7. The maximum absolute atomic E-state index is 12.4. The molecule has 3 N–H and O–H groups in total. The van der Waals surface area contributed by atoms with E-state index in [1.54, 1.807) is 55.5 Å². The van der Waals surface area contributed by atoms with Gasteiger partial charge in [-0.05, 0) is 67.7 Å². The first-order valence-electron chi connectivity index (χ1n) is 9.92. The maximum atomic E-state index is 12.4. The maximum Gasteiger partial charge on any atom is 0.269 e. The van der Waals surface area contributed by atoms with Crippen LogP contribution in [0, 0.1) is 10.1 Å². The minimum absolute atomic E-state index is 0.0434.